The molecule has 0 aromatic heterocycles. The summed E-state index contributed by atoms with van der Waals surface area (Å²) in [5.41, 5.74) is 0.443. The molecule has 0 atom stereocenters. The van der Waals surface area contributed by atoms with Gasteiger partial charge in [-0.05, 0) is 55.5 Å². The number of phenolic OH excluding ortho intramolecular Hbond substituents is 1. The number of esters is 2. The maximum absolute atomic E-state index is 12.0. The minimum absolute atomic E-state index is 0.0604. The van der Waals surface area contributed by atoms with E-state index in [1.165, 1.54) is 36.4 Å². The molecule has 0 heterocycles. The molecule has 0 spiro atoms. The number of ether oxygens (including phenoxy) is 2. The molecule has 158 valence electrons. The van der Waals surface area contributed by atoms with Gasteiger partial charge in [0, 0.05) is 12.1 Å². The van der Waals surface area contributed by atoms with E-state index in [9.17, 15) is 24.8 Å². The van der Waals surface area contributed by atoms with Crippen LogP contribution in [0.5, 0.6) is 5.75 Å². The van der Waals surface area contributed by atoms with Crippen LogP contribution in [0.3, 0.4) is 0 Å². The number of phenols is 1. The van der Waals surface area contributed by atoms with Gasteiger partial charge in [0.05, 0.1) is 18.1 Å². The lowest BCUT2D eigenvalue weighted by atomic mass is 10.2. The third-order valence-electron chi connectivity index (χ3n) is 4.14. The van der Waals surface area contributed by atoms with Gasteiger partial charge < -0.3 is 14.6 Å². The molecule has 0 saturated carbocycles. The topological polar surface area (TPSA) is 116 Å². The Morgan fingerprint density at radius 3 is 2.23 bits per heavy atom. The Bertz CT molecular complexity index is 891. The van der Waals surface area contributed by atoms with Crippen LogP contribution in [0.4, 0.5) is 5.69 Å². The molecule has 0 saturated heterocycles. The molecule has 0 fully saturated rings. The summed E-state index contributed by atoms with van der Waals surface area (Å²) in [6.45, 7) is 0.453. The number of carbonyl (C=O) groups is 2. The van der Waals surface area contributed by atoms with E-state index in [-0.39, 0.29) is 30.2 Å². The second-order valence-electron chi connectivity index (χ2n) is 6.42. The van der Waals surface area contributed by atoms with Crippen LogP contribution in [0.2, 0.25) is 0 Å². The molecule has 0 aliphatic heterocycles. The third kappa shape index (κ3) is 7.75. The van der Waals surface area contributed by atoms with E-state index < -0.39 is 16.9 Å². The minimum atomic E-state index is -0.711. The molecule has 8 nitrogen and oxygen atoms in total. The highest BCUT2D eigenvalue weighted by molar-refractivity contribution is 5.93. The summed E-state index contributed by atoms with van der Waals surface area (Å²) in [5, 5.41) is 20.1. The highest BCUT2D eigenvalue weighted by Crippen LogP contribution is 2.18. The van der Waals surface area contributed by atoms with Gasteiger partial charge in [-0.3, -0.25) is 10.1 Å². The van der Waals surface area contributed by atoms with Crippen molar-refractivity contribution in [2.75, 3.05) is 13.2 Å². The van der Waals surface area contributed by atoms with Gasteiger partial charge in [0.15, 0.2) is 0 Å². The summed E-state index contributed by atoms with van der Waals surface area (Å²) in [7, 11) is 0. The van der Waals surface area contributed by atoms with Gasteiger partial charge in [0.25, 0.3) is 5.69 Å². The highest BCUT2D eigenvalue weighted by atomic mass is 16.6. The van der Waals surface area contributed by atoms with Crippen molar-refractivity contribution in [2.24, 2.45) is 0 Å². The van der Waals surface area contributed by atoms with Crippen molar-refractivity contribution < 1.29 is 29.1 Å². The average Bonchev–Trinajstić information content (AvgIpc) is 2.75. The number of hydrogen-bond donors (Lipinski definition) is 1. The van der Waals surface area contributed by atoms with Crippen molar-refractivity contribution in [1.29, 1.82) is 0 Å². The van der Waals surface area contributed by atoms with Crippen LogP contribution < -0.4 is 0 Å². The van der Waals surface area contributed by atoms with E-state index >= 15 is 0 Å². The Morgan fingerprint density at radius 2 is 1.57 bits per heavy atom. The van der Waals surface area contributed by atoms with E-state index in [2.05, 4.69) is 0 Å². The molecule has 2 aromatic rings. The van der Waals surface area contributed by atoms with Crippen LogP contribution in [-0.2, 0) is 14.3 Å². The SMILES string of the molecule is O=C(/C=C/c1ccc(O)cc1)OCCCCCCOC(=O)c1ccccc1[N+](=O)[O-]. The van der Waals surface area contributed by atoms with Crippen LogP contribution in [0.1, 0.15) is 41.6 Å². The van der Waals surface area contributed by atoms with Gasteiger partial charge in [-0.2, -0.15) is 0 Å². The largest absolute Gasteiger partial charge is 0.508 e. The van der Waals surface area contributed by atoms with Gasteiger partial charge in [0.1, 0.15) is 11.3 Å². The van der Waals surface area contributed by atoms with Crippen molar-refractivity contribution in [1.82, 2.24) is 0 Å². The lowest BCUT2D eigenvalue weighted by Gasteiger charge is -2.06. The third-order valence-corrected chi connectivity index (χ3v) is 4.14. The molecular weight excluding hydrogens is 390 g/mol. The summed E-state index contributed by atoms with van der Waals surface area (Å²) in [6.07, 6.45) is 5.78. The molecule has 2 aromatic carbocycles. The summed E-state index contributed by atoms with van der Waals surface area (Å²) < 4.78 is 10.2. The first-order valence-electron chi connectivity index (χ1n) is 9.52. The number of nitro groups is 1. The number of unbranched alkanes of at least 4 members (excludes halogenated alkanes) is 3. The minimum Gasteiger partial charge on any atom is -0.508 e. The number of para-hydroxylation sites is 1. The van der Waals surface area contributed by atoms with Gasteiger partial charge in [-0.1, -0.05) is 24.3 Å². The molecule has 8 heteroatoms. The zero-order chi connectivity index (χ0) is 21.8. The first-order valence-corrected chi connectivity index (χ1v) is 9.52. The van der Waals surface area contributed by atoms with Crippen LogP contribution in [0.15, 0.2) is 54.6 Å². The zero-order valence-corrected chi connectivity index (χ0v) is 16.4. The van der Waals surface area contributed by atoms with E-state index in [1.54, 1.807) is 24.3 Å². The van der Waals surface area contributed by atoms with Gasteiger partial charge >= 0.3 is 11.9 Å². The predicted octanol–water partition coefficient (Wildman–Crippen LogP) is 4.27. The molecule has 0 unspecified atom stereocenters. The lowest BCUT2D eigenvalue weighted by Crippen LogP contribution is -2.09. The quantitative estimate of drug-likeness (QED) is 0.192. The molecule has 0 aliphatic rings. The monoisotopic (exact) mass is 413 g/mol. The van der Waals surface area contributed by atoms with Crippen molar-refractivity contribution in [3.63, 3.8) is 0 Å². The fourth-order valence-corrected chi connectivity index (χ4v) is 2.58. The normalized spacial score (nSPS) is 10.7. The Hall–Kier alpha value is -3.68. The van der Waals surface area contributed by atoms with Crippen molar-refractivity contribution in [3.05, 3.63) is 75.8 Å². The first kappa shape index (κ1) is 22.6. The van der Waals surface area contributed by atoms with Crippen LogP contribution in [0.25, 0.3) is 6.08 Å². The summed E-state index contributed by atoms with van der Waals surface area (Å²) in [5.74, 6) is -0.996. The molecule has 30 heavy (non-hydrogen) atoms. The van der Waals surface area contributed by atoms with Crippen LogP contribution in [-0.4, -0.2) is 35.2 Å². The van der Waals surface area contributed by atoms with E-state index in [1.807, 2.05) is 0 Å². The number of hydrogen-bond acceptors (Lipinski definition) is 7. The Morgan fingerprint density at radius 1 is 0.933 bits per heavy atom. The summed E-state index contributed by atoms with van der Waals surface area (Å²) in [4.78, 5) is 33.9. The van der Waals surface area contributed by atoms with Crippen molar-refractivity contribution in [3.8, 4) is 5.75 Å². The standard InChI is InChI=1S/C22H23NO7/c24-18-12-9-17(10-13-18)11-14-21(25)29-15-5-1-2-6-16-30-22(26)19-7-3-4-8-20(19)23(27)28/h3-4,7-14,24H,1-2,5-6,15-16H2/b14-11+. The number of rotatable bonds is 11. The first-order chi connectivity index (χ1) is 14.5. The Balaban J connectivity index is 1.56. The van der Waals surface area contributed by atoms with Gasteiger partial charge in [-0.25, -0.2) is 9.59 Å². The van der Waals surface area contributed by atoms with Crippen molar-refractivity contribution in [2.45, 2.75) is 25.7 Å². The van der Waals surface area contributed by atoms with Crippen LogP contribution >= 0.6 is 0 Å². The van der Waals surface area contributed by atoms with Gasteiger partial charge in [-0.15, -0.1) is 0 Å². The van der Waals surface area contributed by atoms with Gasteiger partial charge in [0.2, 0.25) is 0 Å². The fourth-order valence-electron chi connectivity index (χ4n) is 2.58. The van der Waals surface area contributed by atoms with Crippen LogP contribution in [0, 0.1) is 10.1 Å². The molecule has 0 aliphatic carbocycles. The summed E-state index contributed by atoms with van der Waals surface area (Å²) >= 11 is 0. The number of nitro benzene ring substituents is 1. The molecule has 0 amide bonds. The number of aromatic hydroxyl groups is 1. The maximum Gasteiger partial charge on any atom is 0.345 e. The van der Waals surface area contributed by atoms with E-state index in [0.717, 1.165) is 18.4 Å². The van der Waals surface area contributed by atoms with Crippen molar-refractivity contribution >= 4 is 23.7 Å². The zero-order valence-electron chi connectivity index (χ0n) is 16.4. The Kier molecular flexibility index (Phi) is 9.05. The molecule has 1 N–H and O–H groups in total. The molecule has 0 radical (unpaired) electrons. The second kappa shape index (κ2) is 12.0. The Labute approximate surface area is 173 Å². The summed E-state index contributed by atoms with van der Waals surface area (Å²) in [6, 6.07) is 12.1. The van der Waals surface area contributed by atoms with E-state index in [4.69, 9.17) is 9.47 Å². The molecular formula is C22H23NO7. The number of benzene rings is 2. The fraction of sp³-hybridized carbons (Fsp3) is 0.273. The number of nitrogens with zero attached hydrogens (tertiary/aromatic N) is 1. The molecule has 0 bridgehead atoms. The highest BCUT2D eigenvalue weighted by Gasteiger charge is 2.20. The number of carbonyl (C=O) groups excluding carboxylic acids is 2. The maximum atomic E-state index is 12.0. The molecule has 2 rings (SSSR count). The predicted molar refractivity (Wildman–Crippen MR) is 110 cm³/mol. The second-order valence-corrected chi connectivity index (χ2v) is 6.42. The lowest BCUT2D eigenvalue weighted by molar-refractivity contribution is -0.385. The smallest absolute Gasteiger partial charge is 0.345 e. The van der Waals surface area contributed by atoms with E-state index in [0.29, 0.717) is 12.8 Å². The average molecular weight is 413 g/mol.